The quantitative estimate of drug-likeness (QED) is 0.873. The molecule has 1 aromatic rings. The Morgan fingerprint density at radius 3 is 2.63 bits per heavy atom. The number of rotatable bonds is 3. The third-order valence-corrected chi connectivity index (χ3v) is 3.56. The molecule has 1 heterocycles. The second-order valence-electron chi connectivity index (χ2n) is 5.15. The van der Waals surface area contributed by atoms with E-state index in [0.29, 0.717) is 12.1 Å². The van der Waals surface area contributed by atoms with Crippen molar-refractivity contribution in [3.8, 4) is 0 Å². The molecule has 0 spiro atoms. The van der Waals surface area contributed by atoms with Crippen LogP contribution in [-0.4, -0.2) is 41.1 Å². The molecule has 5 heteroatoms. The number of nitrogens with zero attached hydrogens (tertiary/aromatic N) is 1. The first-order valence-electron chi connectivity index (χ1n) is 6.46. The number of piperazine rings is 1. The van der Waals surface area contributed by atoms with Crippen LogP contribution in [0.1, 0.15) is 25.5 Å². The summed E-state index contributed by atoms with van der Waals surface area (Å²) in [6, 6.07) is 5.37. The summed E-state index contributed by atoms with van der Waals surface area (Å²) in [6.45, 7) is 5.45. The van der Waals surface area contributed by atoms with Crippen molar-refractivity contribution in [2.75, 3.05) is 13.1 Å². The monoisotopic (exact) mass is 266 g/mol. The average molecular weight is 266 g/mol. The van der Waals surface area contributed by atoms with Crippen molar-refractivity contribution in [1.29, 1.82) is 0 Å². The molecule has 104 valence electrons. The van der Waals surface area contributed by atoms with Gasteiger partial charge in [0.25, 0.3) is 0 Å². The molecule has 3 atom stereocenters. The van der Waals surface area contributed by atoms with Gasteiger partial charge < -0.3 is 10.4 Å². The minimum absolute atomic E-state index is 0.127. The van der Waals surface area contributed by atoms with E-state index in [1.54, 1.807) is 12.1 Å². The SMILES string of the molecule is C[C@@H]1CN[C@@H](C)CN1C(C(=O)O)c1ccc(F)cc1. The van der Waals surface area contributed by atoms with E-state index in [-0.39, 0.29) is 17.9 Å². The fourth-order valence-corrected chi connectivity index (χ4v) is 2.53. The highest BCUT2D eigenvalue weighted by Gasteiger charge is 2.34. The number of nitrogens with one attached hydrogen (secondary N) is 1. The van der Waals surface area contributed by atoms with Gasteiger partial charge in [0.15, 0.2) is 0 Å². The topological polar surface area (TPSA) is 52.6 Å². The van der Waals surface area contributed by atoms with E-state index < -0.39 is 12.0 Å². The summed E-state index contributed by atoms with van der Waals surface area (Å²) < 4.78 is 13.0. The summed E-state index contributed by atoms with van der Waals surface area (Å²) in [6.07, 6.45) is 0. The Morgan fingerprint density at radius 1 is 1.42 bits per heavy atom. The van der Waals surface area contributed by atoms with E-state index in [1.165, 1.54) is 12.1 Å². The fraction of sp³-hybridized carbons (Fsp3) is 0.500. The number of hydrogen-bond donors (Lipinski definition) is 2. The molecule has 1 aliphatic heterocycles. The van der Waals surface area contributed by atoms with E-state index in [0.717, 1.165) is 6.54 Å². The van der Waals surface area contributed by atoms with Gasteiger partial charge in [0, 0.05) is 25.2 Å². The first kappa shape index (κ1) is 14.0. The van der Waals surface area contributed by atoms with Gasteiger partial charge >= 0.3 is 5.97 Å². The van der Waals surface area contributed by atoms with Crippen molar-refractivity contribution in [3.63, 3.8) is 0 Å². The van der Waals surface area contributed by atoms with Gasteiger partial charge in [-0.2, -0.15) is 0 Å². The van der Waals surface area contributed by atoms with Crippen LogP contribution in [0.2, 0.25) is 0 Å². The van der Waals surface area contributed by atoms with Crippen LogP contribution in [0.15, 0.2) is 24.3 Å². The summed E-state index contributed by atoms with van der Waals surface area (Å²) in [5.74, 6) is -1.25. The van der Waals surface area contributed by atoms with Crippen molar-refractivity contribution >= 4 is 5.97 Å². The van der Waals surface area contributed by atoms with Crippen molar-refractivity contribution in [3.05, 3.63) is 35.6 Å². The molecule has 1 unspecified atom stereocenters. The van der Waals surface area contributed by atoms with E-state index >= 15 is 0 Å². The van der Waals surface area contributed by atoms with Gasteiger partial charge in [0.2, 0.25) is 0 Å². The Hall–Kier alpha value is -1.46. The molecule has 0 amide bonds. The van der Waals surface area contributed by atoms with Crippen molar-refractivity contribution in [1.82, 2.24) is 10.2 Å². The molecule has 0 aliphatic carbocycles. The van der Waals surface area contributed by atoms with Gasteiger partial charge in [0.1, 0.15) is 11.9 Å². The molecule has 2 rings (SSSR count). The Bertz CT molecular complexity index is 449. The van der Waals surface area contributed by atoms with Crippen LogP contribution in [0.3, 0.4) is 0 Å². The minimum atomic E-state index is -0.896. The Balaban J connectivity index is 2.29. The van der Waals surface area contributed by atoms with Gasteiger partial charge in [-0.15, -0.1) is 0 Å². The van der Waals surface area contributed by atoms with Crippen molar-refractivity contribution in [2.24, 2.45) is 0 Å². The second-order valence-corrected chi connectivity index (χ2v) is 5.15. The van der Waals surface area contributed by atoms with Crippen LogP contribution in [0.5, 0.6) is 0 Å². The third-order valence-electron chi connectivity index (χ3n) is 3.56. The highest BCUT2D eigenvalue weighted by molar-refractivity contribution is 5.75. The lowest BCUT2D eigenvalue weighted by molar-refractivity contribution is -0.145. The van der Waals surface area contributed by atoms with E-state index in [1.807, 2.05) is 18.7 Å². The molecule has 1 aliphatic rings. The lowest BCUT2D eigenvalue weighted by Gasteiger charge is -2.41. The Kier molecular flexibility index (Phi) is 4.17. The zero-order chi connectivity index (χ0) is 14.0. The first-order chi connectivity index (χ1) is 8.99. The zero-order valence-corrected chi connectivity index (χ0v) is 11.1. The molecule has 0 aromatic heterocycles. The fourth-order valence-electron chi connectivity index (χ4n) is 2.53. The van der Waals surface area contributed by atoms with E-state index in [2.05, 4.69) is 5.32 Å². The zero-order valence-electron chi connectivity index (χ0n) is 11.1. The van der Waals surface area contributed by atoms with Crippen LogP contribution in [0.4, 0.5) is 4.39 Å². The average Bonchev–Trinajstić information content (AvgIpc) is 2.36. The van der Waals surface area contributed by atoms with Gasteiger partial charge in [-0.05, 0) is 31.5 Å². The number of benzene rings is 1. The first-order valence-corrected chi connectivity index (χ1v) is 6.46. The molecule has 1 fully saturated rings. The van der Waals surface area contributed by atoms with Crippen molar-refractivity contribution < 1.29 is 14.3 Å². The van der Waals surface area contributed by atoms with Gasteiger partial charge in [-0.25, -0.2) is 4.39 Å². The van der Waals surface area contributed by atoms with E-state index in [4.69, 9.17) is 0 Å². The molecule has 0 saturated carbocycles. The van der Waals surface area contributed by atoms with Crippen LogP contribution < -0.4 is 5.32 Å². The number of carbonyl (C=O) groups is 1. The summed E-state index contributed by atoms with van der Waals surface area (Å²) in [7, 11) is 0. The summed E-state index contributed by atoms with van der Waals surface area (Å²) in [5, 5.41) is 12.8. The maximum Gasteiger partial charge on any atom is 0.325 e. The number of halogens is 1. The summed E-state index contributed by atoms with van der Waals surface area (Å²) in [5.41, 5.74) is 0.620. The van der Waals surface area contributed by atoms with Crippen LogP contribution in [0, 0.1) is 5.82 Å². The maximum atomic E-state index is 13.0. The number of carboxylic acids is 1. The molecule has 19 heavy (non-hydrogen) atoms. The normalized spacial score (nSPS) is 26.1. The van der Waals surface area contributed by atoms with Gasteiger partial charge in [0.05, 0.1) is 0 Å². The van der Waals surface area contributed by atoms with Gasteiger partial charge in [-0.1, -0.05) is 12.1 Å². The van der Waals surface area contributed by atoms with Crippen LogP contribution >= 0.6 is 0 Å². The second kappa shape index (κ2) is 5.67. The Labute approximate surface area is 112 Å². The molecule has 0 bridgehead atoms. The molecule has 4 nitrogen and oxygen atoms in total. The third kappa shape index (κ3) is 3.11. The standard InChI is InChI=1S/C14H19FN2O2/c1-9-8-17(10(2)7-16-9)13(14(18)19)11-3-5-12(15)6-4-11/h3-6,9-10,13,16H,7-8H2,1-2H3,(H,18,19)/t9-,10+,13?/m0/s1. The molecule has 1 saturated heterocycles. The smallest absolute Gasteiger partial charge is 0.325 e. The largest absolute Gasteiger partial charge is 0.480 e. The molecular weight excluding hydrogens is 247 g/mol. The number of hydrogen-bond acceptors (Lipinski definition) is 3. The number of aliphatic carboxylic acids is 1. The summed E-state index contributed by atoms with van der Waals surface area (Å²) in [4.78, 5) is 13.5. The minimum Gasteiger partial charge on any atom is -0.480 e. The predicted octanol–water partition coefficient (Wildman–Crippen LogP) is 1.63. The van der Waals surface area contributed by atoms with E-state index in [9.17, 15) is 14.3 Å². The summed E-state index contributed by atoms with van der Waals surface area (Å²) >= 11 is 0. The molecule has 2 N–H and O–H groups in total. The predicted molar refractivity (Wildman–Crippen MR) is 70.4 cm³/mol. The Morgan fingerprint density at radius 2 is 2.05 bits per heavy atom. The molecule has 0 radical (unpaired) electrons. The van der Waals surface area contributed by atoms with Crippen molar-refractivity contribution in [2.45, 2.75) is 32.0 Å². The highest BCUT2D eigenvalue weighted by Crippen LogP contribution is 2.25. The van der Waals surface area contributed by atoms with Crippen LogP contribution in [-0.2, 0) is 4.79 Å². The number of carboxylic acid groups (broad SMARTS) is 1. The molecule has 1 aromatic carbocycles. The lowest BCUT2D eigenvalue weighted by Crippen LogP contribution is -2.56. The highest BCUT2D eigenvalue weighted by atomic mass is 19.1. The van der Waals surface area contributed by atoms with Gasteiger partial charge in [-0.3, -0.25) is 9.69 Å². The molecular formula is C14H19FN2O2. The maximum absolute atomic E-state index is 13.0. The lowest BCUT2D eigenvalue weighted by atomic mass is 10.0. The van der Waals surface area contributed by atoms with Crippen LogP contribution in [0.25, 0.3) is 0 Å².